The third-order valence-corrected chi connectivity index (χ3v) is 5.16. The van der Waals surface area contributed by atoms with Gasteiger partial charge < -0.3 is 5.32 Å². The topological polar surface area (TPSA) is 45.2 Å². The lowest BCUT2D eigenvalue weighted by atomic mass is 9.95. The predicted octanol–water partition coefficient (Wildman–Crippen LogP) is 4.43. The van der Waals surface area contributed by atoms with Crippen LogP contribution in [0.15, 0.2) is 46.8 Å². The fraction of sp³-hybridized carbons (Fsp3) is 0.400. The number of thiazole rings is 1. The molecule has 1 fully saturated rings. The molecule has 4 nitrogen and oxygen atoms in total. The molecule has 1 saturated heterocycles. The van der Waals surface area contributed by atoms with Crippen molar-refractivity contribution >= 4 is 22.9 Å². The second-order valence-electron chi connectivity index (χ2n) is 6.80. The Morgan fingerprint density at radius 2 is 2.16 bits per heavy atom. The number of benzene rings is 1. The van der Waals surface area contributed by atoms with Crippen molar-refractivity contribution < 1.29 is 4.79 Å². The van der Waals surface area contributed by atoms with Crippen LogP contribution in [0, 0.1) is 5.92 Å². The first-order valence-electron chi connectivity index (χ1n) is 8.77. The van der Waals surface area contributed by atoms with Crippen molar-refractivity contribution in [3.63, 3.8) is 0 Å². The van der Waals surface area contributed by atoms with E-state index in [0.29, 0.717) is 0 Å². The Hall–Kier alpha value is -1.98. The average molecular weight is 356 g/mol. The number of allylic oxidation sites excluding steroid dienone is 1. The Balaban J connectivity index is 1.55. The summed E-state index contributed by atoms with van der Waals surface area (Å²) in [5.41, 5.74) is 6.01. The van der Waals surface area contributed by atoms with Crippen LogP contribution in [-0.2, 0) is 4.79 Å². The van der Waals surface area contributed by atoms with E-state index in [1.54, 1.807) is 11.3 Å². The highest BCUT2D eigenvalue weighted by Gasteiger charge is 2.24. The van der Waals surface area contributed by atoms with E-state index in [2.05, 4.69) is 35.1 Å². The van der Waals surface area contributed by atoms with Crippen molar-refractivity contribution in [1.82, 2.24) is 9.88 Å². The zero-order valence-electron chi connectivity index (χ0n) is 14.9. The highest BCUT2D eigenvalue weighted by atomic mass is 32.1. The molecule has 3 rings (SSSR count). The molecule has 25 heavy (non-hydrogen) atoms. The van der Waals surface area contributed by atoms with Gasteiger partial charge in [0.2, 0.25) is 5.91 Å². The first-order valence-corrected chi connectivity index (χ1v) is 9.71. The number of aromatic nitrogens is 1. The number of hydrogen-bond donors (Lipinski definition) is 1. The van der Waals surface area contributed by atoms with Crippen molar-refractivity contribution in [2.24, 2.45) is 5.92 Å². The molecule has 1 aliphatic rings. The summed E-state index contributed by atoms with van der Waals surface area (Å²) in [4.78, 5) is 19.3. The quantitative estimate of drug-likeness (QED) is 0.807. The van der Waals surface area contributed by atoms with Gasteiger partial charge in [0.25, 0.3) is 0 Å². The van der Waals surface area contributed by atoms with E-state index in [1.165, 1.54) is 5.57 Å². The van der Waals surface area contributed by atoms with Gasteiger partial charge in [0, 0.05) is 29.1 Å². The molecule has 0 atom stereocenters. The van der Waals surface area contributed by atoms with Crippen LogP contribution in [0.25, 0.3) is 11.3 Å². The maximum absolute atomic E-state index is 12.6. The first-order chi connectivity index (χ1) is 12.1. The van der Waals surface area contributed by atoms with E-state index in [1.807, 2.05) is 35.2 Å². The SMILES string of the molecule is CC(C)=CCN1CCC(C(=O)Nc2cccc(-c3cscn3)c2)CC1. The Kier molecular flexibility index (Phi) is 6.00. The number of anilines is 1. The second kappa shape index (κ2) is 8.41. The third-order valence-electron chi connectivity index (χ3n) is 4.57. The summed E-state index contributed by atoms with van der Waals surface area (Å²) in [7, 11) is 0. The highest BCUT2D eigenvalue weighted by Crippen LogP contribution is 2.24. The van der Waals surface area contributed by atoms with Gasteiger partial charge in [-0.05, 0) is 51.9 Å². The molecule has 0 saturated carbocycles. The van der Waals surface area contributed by atoms with Gasteiger partial charge in [-0.15, -0.1) is 11.3 Å². The van der Waals surface area contributed by atoms with Gasteiger partial charge in [0.1, 0.15) is 0 Å². The fourth-order valence-electron chi connectivity index (χ4n) is 3.05. The van der Waals surface area contributed by atoms with Crippen LogP contribution in [0.4, 0.5) is 5.69 Å². The van der Waals surface area contributed by atoms with Crippen molar-refractivity contribution in [1.29, 1.82) is 0 Å². The zero-order chi connectivity index (χ0) is 17.6. The van der Waals surface area contributed by atoms with Crippen molar-refractivity contribution in [3.05, 3.63) is 46.8 Å². The van der Waals surface area contributed by atoms with Crippen molar-refractivity contribution in [2.45, 2.75) is 26.7 Å². The van der Waals surface area contributed by atoms with E-state index >= 15 is 0 Å². The largest absolute Gasteiger partial charge is 0.326 e. The van der Waals surface area contributed by atoms with Gasteiger partial charge >= 0.3 is 0 Å². The lowest BCUT2D eigenvalue weighted by molar-refractivity contribution is -0.121. The van der Waals surface area contributed by atoms with Crippen LogP contribution >= 0.6 is 11.3 Å². The van der Waals surface area contributed by atoms with E-state index in [0.717, 1.165) is 49.4 Å². The maximum Gasteiger partial charge on any atom is 0.227 e. The number of carbonyl (C=O) groups excluding carboxylic acids is 1. The molecule has 1 aliphatic heterocycles. The molecule has 0 aliphatic carbocycles. The molecular formula is C20H25N3OS. The van der Waals surface area contributed by atoms with E-state index in [9.17, 15) is 4.79 Å². The molecule has 2 aromatic rings. The summed E-state index contributed by atoms with van der Waals surface area (Å²) < 4.78 is 0. The van der Waals surface area contributed by atoms with Crippen LogP contribution in [0.3, 0.4) is 0 Å². The van der Waals surface area contributed by atoms with E-state index < -0.39 is 0 Å². The summed E-state index contributed by atoms with van der Waals surface area (Å²) in [6, 6.07) is 7.92. The molecule has 1 aromatic heterocycles. The predicted molar refractivity (Wildman–Crippen MR) is 105 cm³/mol. The first kappa shape index (κ1) is 17.8. The van der Waals surface area contributed by atoms with Crippen LogP contribution in [-0.4, -0.2) is 35.4 Å². The lowest BCUT2D eigenvalue weighted by Crippen LogP contribution is -2.38. The number of hydrogen-bond acceptors (Lipinski definition) is 4. The molecule has 0 bridgehead atoms. The maximum atomic E-state index is 12.6. The molecule has 5 heteroatoms. The summed E-state index contributed by atoms with van der Waals surface area (Å²) in [5, 5.41) is 5.10. The van der Waals surface area contributed by atoms with Gasteiger partial charge in [-0.3, -0.25) is 9.69 Å². The van der Waals surface area contributed by atoms with Gasteiger partial charge in [0.15, 0.2) is 0 Å². The van der Waals surface area contributed by atoms with Crippen LogP contribution < -0.4 is 5.32 Å². The van der Waals surface area contributed by atoms with E-state index in [-0.39, 0.29) is 11.8 Å². The summed E-state index contributed by atoms with van der Waals surface area (Å²) in [5.74, 6) is 0.239. The minimum absolute atomic E-state index is 0.103. The Bertz CT molecular complexity index is 727. The fourth-order valence-corrected chi connectivity index (χ4v) is 3.61. The number of rotatable bonds is 5. The standard InChI is InChI=1S/C20H25N3OS/c1-15(2)6-9-23-10-7-16(8-11-23)20(24)22-18-5-3-4-17(12-18)19-13-25-14-21-19/h3-6,12-14,16H,7-11H2,1-2H3,(H,22,24). The van der Waals surface area contributed by atoms with Gasteiger partial charge in [-0.25, -0.2) is 4.98 Å². The highest BCUT2D eigenvalue weighted by molar-refractivity contribution is 7.07. The Labute approximate surface area is 153 Å². The zero-order valence-corrected chi connectivity index (χ0v) is 15.7. The number of amides is 1. The Morgan fingerprint density at radius 3 is 2.84 bits per heavy atom. The summed E-state index contributed by atoms with van der Waals surface area (Å²) >= 11 is 1.58. The Morgan fingerprint density at radius 1 is 1.36 bits per heavy atom. The van der Waals surface area contributed by atoms with Crippen molar-refractivity contribution in [3.8, 4) is 11.3 Å². The molecule has 1 amide bonds. The summed E-state index contributed by atoms with van der Waals surface area (Å²) in [6.45, 7) is 7.22. The smallest absolute Gasteiger partial charge is 0.227 e. The van der Waals surface area contributed by atoms with Crippen LogP contribution in [0.2, 0.25) is 0 Å². The monoisotopic (exact) mass is 355 g/mol. The number of nitrogens with one attached hydrogen (secondary N) is 1. The number of likely N-dealkylation sites (tertiary alicyclic amines) is 1. The molecule has 2 heterocycles. The number of nitrogens with zero attached hydrogens (tertiary/aromatic N) is 2. The number of carbonyl (C=O) groups is 1. The van der Waals surface area contributed by atoms with Gasteiger partial charge in [-0.2, -0.15) is 0 Å². The summed E-state index contributed by atoms with van der Waals surface area (Å²) in [6.07, 6.45) is 4.10. The third kappa shape index (κ3) is 5.00. The second-order valence-corrected chi connectivity index (χ2v) is 7.52. The molecule has 0 spiro atoms. The molecule has 0 unspecified atom stereocenters. The van der Waals surface area contributed by atoms with Crippen molar-refractivity contribution in [2.75, 3.05) is 25.0 Å². The molecule has 1 N–H and O–H groups in total. The lowest BCUT2D eigenvalue weighted by Gasteiger charge is -2.30. The molecule has 0 radical (unpaired) electrons. The van der Waals surface area contributed by atoms with E-state index in [4.69, 9.17) is 0 Å². The molecule has 1 aromatic carbocycles. The average Bonchev–Trinajstić information content (AvgIpc) is 3.15. The van der Waals surface area contributed by atoms with Crippen LogP contribution in [0.1, 0.15) is 26.7 Å². The minimum Gasteiger partial charge on any atom is -0.326 e. The molecule has 132 valence electrons. The number of piperidine rings is 1. The van der Waals surface area contributed by atoms with Crippen LogP contribution in [0.5, 0.6) is 0 Å². The minimum atomic E-state index is 0.103. The van der Waals surface area contributed by atoms with Gasteiger partial charge in [-0.1, -0.05) is 23.8 Å². The van der Waals surface area contributed by atoms with Gasteiger partial charge in [0.05, 0.1) is 11.2 Å². The molecular weight excluding hydrogens is 330 g/mol. The normalized spacial score (nSPS) is 15.8.